The summed E-state index contributed by atoms with van der Waals surface area (Å²) in [5.41, 5.74) is 0. The van der Waals surface area contributed by atoms with Gasteiger partial charge in [-0.1, -0.05) is 6.92 Å². The standard InChI is InChI=1S/C10H17F3N2O2/c1-7-2-8(14-6-10(11,12)13)4-15(3-7)5-9(16)17/h7-8,14H,2-6H2,1H3,(H,16,17). The number of piperidine rings is 1. The molecule has 0 aromatic carbocycles. The van der Waals surface area contributed by atoms with Gasteiger partial charge in [-0.3, -0.25) is 9.69 Å². The van der Waals surface area contributed by atoms with Crippen LogP contribution in [0, 0.1) is 5.92 Å². The average molecular weight is 254 g/mol. The Balaban J connectivity index is 2.42. The largest absolute Gasteiger partial charge is 0.480 e. The summed E-state index contributed by atoms with van der Waals surface area (Å²) in [4.78, 5) is 12.2. The molecule has 0 aliphatic carbocycles. The fraction of sp³-hybridized carbons (Fsp3) is 0.900. The van der Waals surface area contributed by atoms with Crippen molar-refractivity contribution >= 4 is 5.97 Å². The van der Waals surface area contributed by atoms with Crippen molar-refractivity contribution < 1.29 is 23.1 Å². The van der Waals surface area contributed by atoms with E-state index < -0.39 is 18.7 Å². The first-order chi connectivity index (χ1) is 7.76. The van der Waals surface area contributed by atoms with E-state index in [4.69, 9.17) is 5.11 Å². The van der Waals surface area contributed by atoms with E-state index in [0.717, 1.165) is 0 Å². The van der Waals surface area contributed by atoms with Crippen LogP contribution in [-0.2, 0) is 4.79 Å². The smallest absolute Gasteiger partial charge is 0.401 e. The van der Waals surface area contributed by atoms with Crippen molar-refractivity contribution in [2.45, 2.75) is 25.6 Å². The molecule has 1 rings (SSSR count). The molecule has 0 aromatic heterocycles. The van der Waals surface area contributed by atoms with E-state index in [-0.39, 0.29) is 18.5 Å². The highest BCUT2D eigenvalue weighted by Crippen LogP contribution is 2.18. The molecule has 2 unspecified atom stereocenters. The maximum atomic E-state index is 12.0. The normalized spacial score (nSPS) is 27.1. The maximum Gasteiger partial charge on any atom is 0.401 e. The van der Waals surface area contributed by atoms with Gasteiger partial charge in [-0.25, -0.2) is 0 Å². The van der Waals surface area contributed by atoms with Crippen LogP contribution in [0.4, 0.5) is 13.2 Å². The number of alkyl halides is 3. The zero-order valence-corrected chi connectivity index (χ0v) is 9.63. The van der Waals surface area contributed by atoms with Crippen molar-refractivity contribution in [2.24, 2.45) is 5.92 Å². The van der Waals surface area contributed by atoms with Crippen LogP contribution >= 0.6 is 0 Å². The minimum absolute atomic E-state index is 0.117. The van der Waals surface area contributed by atoms with Gasteiger partial charge in [-0.2, -0.15) is 13.2 Å². The average Bonchev–Trinajstić information content (AvgIpc) is 2.11. The molecule has 0 bridgehead atoms. The first-order valence-corrected chi connectivity index (χ1v) is 5.50. The Hall–Kier alpha value is -0.820. The molecule has 0 spiro atoms. The van der Waals surface area contributed by atoms with Gasteiger partial charge in [0, 0.05) is 19.1 Å². The number of nitrogens with one attached hydrogen (secondary N) is 1. The van der Waals surface area contributed by atoms with Gasteiger partial charge < -0.3 is 10.4 Å². The lowest BCUT2D eigenvalue weighted by atomic mass is 9.96. The van der Waals surface area contributed by atoms with Crippen LogP contribution in [0.2, 0.25) is 0 Å². The highest BCUT2D eigenvalue weighted by molar-refractivity contribution is 5.69. The first kappa shape index (κ1) is 14.2. The van der Waals surface area contributed by atoms with Gasteiger partial charge in [-0.15, -0.1) is 0 Å². The molecule has 2 atom stereocenters. The molecule has 1 saturated heterocycles. The summed E-state index contributed by atoms with van der Waals surface area (Å²) in [6.07, 6.45) is -3.58. The monoisotopic (exact) mass is 254 g/mol. The predicted molar refractivity (Wildman–Crippen MR) is 55.7 cm³/mol. The van der Waals surface area contributed by atoms with Gasteiger partial charge in [0.1, 0.15) is 0 Å². The fourth-order valence-corrected chi connectivity index (χ4v) is 2.19. The van der Waals surface area contributed by atoms with E-state index in [2.05, 4.69) is 5.32 Å². The van der Waals surface area contributed by atoms with Crippen LogP contribution in [-0.4, -0.2) is 54.4 Å². The van der Waals surface area contributed by atoms with Crippen molar-refractivity contribution in [1.82, 2.24) is 10.2 Å². The molecule has 2 N–H and O–H groups in total. The Labute approximate surface area is 97.8 Å². The summed E-state index contributed by atoms with van der Waals surface area (Å²) >= 11 is 0. The Kier molecular flexibility index (Phi) is 4.76. The third-order valence-corrected chi connectivity index (χ3v) is 2.69. The lowest BCUT2D eigenvalue weighted by Crippen LogP contribution is -2.51. The molecule has 0 aromatic rings. The van der Waals surface area contributed by atoms with Crippen LogP contribution < -0.4 is 5.32 Å². The molecular formula is C10H17F3N2O2. The van der Waals surface area contributed by atoms with Gasteiger partial charge in [0.15, 0.2) is 0 Å². The van der Waals surface area contributed by atoms with Crippen molar-refractivity contribution in [2.75, 3.05) is 26.2 Å². The minimum Gasteiger partial charge on any atom is -0.480 e. The molecule has 1 aliphatic rings. The third kappa shape index (κ3) is 5.88. The van der Waals surface area contributed by atoms with Crippen LogP contribution in [0.25, 0.3) is 0 Å². The molecule has 17 heavy (non-hydrogen) atoms. The summed E-state index contributed by atoms with van der Waals surface area (Å²) in [5, 5.41) is 11.1. The van der Waals surface area contributed by atoms with E-state index in [9.17, 15) is 18.0 Å². The Morgan fingerprint density at radius 2 is 2.12 bits per heavy atom. The van der Waals surface area contributed by atoms with E-state index >= 15 is 0 Å². The number of aliphatic carboxylic acids is 1. The number of carboxylic acid groups (broad SMARTS) is 1. The zero-order valence-electron chi connectivity index (χ0n) is 9.63. The fourth-order valence-electron chi connectivity index (χ4n) is 2.19. The molecule has 100 valence electrons. The molecule has 7 heteroatoms. The second kappa shape index (κ2) is 5.68. The number of carbonyl (C=O) groups is 1. The van der Waals surface area contributed by atoms with E-state index in [0.29, 0.717) is 19.5 Å². The lowest BCUT2D eigenvalue weighted by Gasteiger charge is -2.36. The summed E-state index contributed by atoms with van der Waals surface area (Å²) in [5.74, 6) is -0.748. The molecule has 4 nitrogen and oxygen atoms in total. The van der Waals surface area contributed by atoms with Gasteiger partial charge in [0.2, 0.25) is 0 Å². The van der Waals surface area contributed by atoms with E-state index in [1.807, 2.05) is 6.92 Å². The Bertz CT molecular complexity index is 271. The molecule has 0 saturated carbocycles. The molecule has 1 fully saturated rings. The SMILES string of the molecule is CC1CC(NCC(F)(F)F)CN(CC(=O)O)C1. The third-order valence-electron chi connectivity index (χ3n) is 2.69. The molecule has 0 amide bonds. The van der Waals surface area contributed by atoms with Gasteiger partial charge >= 0.3 is 12.1 Å². The van der Waals surface area contributed by atoms with Crippen molar-refractivity contribution in [1.29, 1.82) is 0 Å². The van der Waals surface area contributed by atoms with Gasteiger partial charge in [0.05, 0.1) is 13.1 Å². The lowest BCUT2D eigenvalue weighted by molar-refractivity contribution is -0.139. The molecular weight excluding hydrogens is 237 g/mol. The van der Waals surface area contributed by atoms with Crippen molar-refractivity contribution in [3.8, 4) is 0 Å². The minimum atomic E-state index is -4.22. The van der Waals surface area contributed by atoms with Crippen LogP contribution in [0.1, 0.15) is 13.3 Å². The van der Waals surface area contributed by atoms with Gasteiger partial charge in [-0.05, 0) is 12.3 Å². The van der Waals surface area contributed by atoms with E-state index in [1.54, 1.807) is 4.90 Å². The highest BCUT2D eigenvalue weighted by Gasteiger charge is 2.31. The van der Waals surface area contributed by atoms with E-state index in [1.165, 1.54) is 0 Å². The van der Waals surface area contributed by atoms with Crippen molar-refractivity contribution in [3.05, 3.63) is 0 Å². The molecule has 1 heterocycles. The predicted octanol–water partition coefficient (Wildman–Crippen LogP) is 0.933. The quantitative estimate of drug-likeness (QED) is 0.783. The number of hydrogen-bond acceptors (Lipinski definition) is 3. The molecule has 1 aliphatic heterocycles. The second-order valence-corrected chi connectivity index (χ2v) is 4.62. The number of rotatable bonds is 4. The first-order valence-electron chi connectivity index (χ1n) is 5.50. The van der Waals surface area contributed by atoms with Crippen LogP contribution in [0.5, 0.6) is 0 Å². The highest BCUT2D eigenvalue weighted by atomic mass is 19.4. The van der Waals surface area contributed by atoms with Gasteiger partial charge in [0.25, 0.3) is 0 Å². The summed E-state index contributed by atoms with van der Waals surface area (Å²) in [6, 6.07) is -0.292. The summed E-state index contributed by atoms with van der Waals surface area (Å²) in [6.45, 7) is 1.75. The maximum absolute atomic E-state index is 12.0. The van der Waals surface area contributed by atoms with Crippen LogP contribution in [0.3, 0.4) is 0 Å². The number of nitrogens with zero attached hydrogens (tertiary/aromatic N) is 1. The number of hydrogen-bond donors (Lipinski definition) is 2. The number of halogens is 3. The molecule has 0 radical (unpaired) electrons. The summed E-state index contributed by atoms with van der Waals surface area (Å²) < 4.78 is 36.1. The number of likely N-dealkylation sites (tertiary alicyclic amines) is 1. The van der Waals surface area contributed by atoms with Crippen molar-refractivity contribution in [3.63, 3.8) is 0 Å². The number of carboxylic acids is 1. The zero-order chi connectivity index (χ0) is 13.1. The Morgan fingerprint density at radius 1 is 1.47 bits per heavy atom. The second-order valence-electron chi connectivity index (χ2n) is 4.62. The summed E-state index contributed by atoms with van der Waals surface area (Å²) in [7, 11) is 0. The topological polar surface area (TPSA) is 52.6 Å². The van der Waals surface area contributed by atoms with Crippen LogP contribution in [0.15, 0.2) is 0 Å². The Morgan fingerprint density at radius 3 is 2.65 bits per heavy atom.